The van der Waals surface area contributed by atoms with Gasteiger partial charge in [-0.3, -0.25) is 14.1 Å². The lowest BCUT2D eigenvalue weighted by molar-refractivity contribution is -0.127. The van der Waals surface area contributed by atoms with Crippen LogP contribution in [0.5, 0.6) is 0 Å². The molecular formula is C24H31N5O. The Bertz CT molecular complexity index is 988. The number of aromatic nitrogens is 3. The Kier molecular flexibility index (Phi) is 6.13. The van der Waals surface area contributed by atoms with Crippen molar-refractivity contribution in [1.82, 2.24) is 24.8 Å². The van der Waals surface area contributed by atoms with Gasteiger partial charge < -0.3 is 5.32 Å². The number of carbonyl (C=O) groups is 1. The Morgan fingerprint density at radius 1 is 1.10 bits per heavy atom. The number of rotatable bonds is 6. The summed E-state index contributed by atoms with van der Waals surface area (Å²) >= 11 is 0. The van der Waals surface area contributed by atoms with Crippen molar-refractivity contribution in [2.75, 3.05) is 13.1 Å². The molecule has 4 rings (SSSR count). The van der Waals surface area contributed by atoms with Gasteiger partial charge in [0, 0.05) is 12.1 Å². The van der Waals surface area contributed by atoms with E-state index in [0.717, 1.165) is 49.4 Å². The van der Waals surface area contributed by atoms with Crippen LogP contribution in [0.25, 0.3) is 5.65 Å². The number of amides is 1. The first-order chi connectivity index (χ1) is 14.6. The van der Waals surface area contributed by atoms with Crippen molar-refractivity contribution in [2.24, 2.45) is 0 Å². The summed E-state index contributed by atoms with van der Waals surface area (Å²) in [6, 6.07) is 14.3. The number of pyridine rings is 1. The zero-order valence-corrected chi connectivity index (χ0v) is 18.1. The fourth-order valence-corrected chi connectivity index (χ4v) is 4.31. The van der Waals surface area contributed by atoms with Gasteiger partial charge in [0.2, 0.25) is 5.91 Å². The average Bonchev–Trinajstić information content (AvgIpc) is 3.23. The van der Waals surface area contributed by atoms with E-state index >= 15 is 0 Å². The minimum Gasteiger partial charge on any atom is -0.348 e. The van der Waals surface area contributed by atoms with Gasteiger partial charge in [-0.25, -0.2) is 0 Å². The molecule has 0 aliphatic carbocycles. The van der Waals surface area contributed by atoms with Gasteiger partial charge in [0.25, 0.3) is 0 Å². The smallest absolute Gasteiger partial charge is 0.237 e. The van der Waals surface area contributed by atoms with Gasteiger partial charge in [0.05, 0.1) is 12.1 Å². The van der Waals surface area contributed by atoms with Crippen molar-refractivity contribution in [2.45, 2.75) is 58.0 Å². The molecule has 0 spiro atoms. The molecule has 3 aromatic rings. The maximum Gasteiger partial charge on any atom is 0.237 e. The van der Waals surface area contributed by atoms with Crippen molar-refractivity contribution in [1.29, 1.82) is 0 Å². The van der Waals surface area contributed by atoms with Gasteiger partial charge in [0.15, 0.2) is 5.65 Å². The Balaban J connectivity index is 1.33. The van der Waals surface area contributed by atoms with Crippen molar-refractivity contribution in [3.05, 3.63) is 65.6 Å². The molecule has 1 aliphatic heterocycles. The van der Waals surface area contributed by atoms with Crippen molar-refractivity contribution in [3.63, 3.8) is 0 Å². The van der Waals surface area contributed by atoms with Gasteiger partial charge in [-0.1, -0.05) is 37.3 Å². The second-order valence-electron chi connectivity index (χ2n) is 8.30. The summed E-state index contributed by atoms with van der Waals surface area (Å²) in [5.41, 5.74) is 3.35. The zero-order chi connectivity index (χ0) is 21.1. The van der Waals surface area contributed by atoms with Crippen LogP contribution in [0.1, 0.15) is 62.5 Å². The molecule has 3 heterocycles. The number of nitrogens with one attached hydrogen (secondary N) is 1. The number of carbonyl (C=O) groups excluding carboxylic acids is 1. The Hall–Kier alpha value is -2.73. The summed E-state index contributed by atoms with van der Waals surface area (Å²) in [6.45, 7) is 7.99. The van der Waals surface area contributed by atoms with Gasteiger partial charge >= 0.3 is 0 Å². The van der Waals surface area contributed by atoms with E-state index in [9.17, 15) is 4.79 Å². The molecule has 1 N–H and O–H groups in total. The third kappa shape index (κ3) is 4.24. The fourth-order valence-electron chi connectivity index (χ4n) is 4.31. The summed E-state index contributed by atoms with van der Waals surface area (Å²) in [5, 5.41) is 11.9. The van der Waals surface area contributed by atoms with Gasteiger partial charge in [0.1, 0.15) is 5.82 Å². The van der Waals surface area contributed by atoms with Gasteiger partial charge in [-0.2, -0.15) is 0 Å². The van der Waals surface area contributed by atoms with Crippen LogP contribution < -0.4 is 5.32 Å². The lowest BCUT2D eigenvalue weighted by Gasteiger charge is -2.35. The molecule has 2 unspecified atom stereocenters. The highest BCUT2D eigenvalue weighted by Gasteiger charge is 2.29. The molecule has 2 atom stereocenters. The molecule has 1 aromatic carbocycles. The molecule has 30 heavy (non-hydrogen) atoms. The lowest BCUT2D eigenvalue weighted by atomic mass is 9.95. The number of nitrogens with zero attached hydrogens (tertiary/aromatic N) is 4. The van der Waals surface area contributed by atoms with E-state index < -0.39 is 0 Å². The number of likely N-dealkylation sites (tertiary alicyclic amines) is 1. The van der Waals surface area contributed by atoms with E-state index in [2.05, 4.69) is 56.0 Å². The zero-order valence-electron chi connectivity index (χ0n) is 18.1. The Labute approximate surface area is 178 Å². The molecule has 6 heteroatoms. The summed E-state index contributed by atoms with van der Waals surface area (Å²) in [6.07, 6.45) is 5.03. The van der Waals surface area contributed by atoms with Crippen molar-refractivity contribution < 1.29 is 4.79 Å². The molecule has 0 radical (unpaired) electrons. The number of benzene rings is 1. The normalized spacial score (nSPS) is 17.7. The maximum atomic E-state index is 12.9. The first kappa shape index (κ1) is 20.5. The number of hydrogen-bond donors (Lipinski definition) is 1. The number of piperidine rings is 1. The molecule has 6 nitrogen and oxygen atoms in total. The van der Waals surface area contributed by atoms with E-state index in [1.807, 2.05) is 38.2 Å². The third-order valence-electron chi connectivity index (χ3n) is 6.41. The summed E-state index contributed by atoms with van der Waals surface area (Å²) in [4.78, 5) is 15.1. The van der Waals surface area contributed by atoms with Crippen LogP contribution in [-0.2, 0) is 11.2 Å². The molecule has 1 amide bonds. The molecule has 1 saturated heterocycles. The molecule has 0 saturated carbocycles. The number of hydrogen-bond acceptors (Lipinski definition) is 4. The van der Waals surface area contributed by atoms with E-state index in [0.29, 0.717) is 5.92 Å². The Morgan fingerprint density at radius 2 is 1.83 bits per heavy atom. The molecule has 1 aliphatic rings. The first-order valence-electron chi connectivity index (χ1n) is 11.0. The standard InChI is InChI=1S/C24H31N5O/c1-4-19-8-10-20(11-9-19)17(2)25-24(30)18(3)28-15-12-21(13-16-28)23-27-26-22-7-5-6-14-29(22)23/h5-11,14,17-18,21H,4,12-13,15-16H2,1-3H3,(H,25,30). The second-order valence-corrected chi connectivity index (χ2v) is 8.30. The summed E-state index contributed by atoms with van der Waals surface area (Å²) < 4.78 is 2.09. The fraction of sp³-hybridized carbons (Fsp3) is 0.458. The highest BCUT2D eigenvalue weighted by Crippen LogP contribution is 2.28. The Morgan fingerprint density at radius 3 is 2.53 bits per heavy atom. The van der Waals surface area contributed by atoms with Crippen molar-refractivity contribution >= 4 is 11.6 Å². The van der Waals surface area contributed by atoms with Crippen molar-refractivity contribution in [3.8, 4) is 0 Å². The molecule has 2 aromatic heterocycles. The van der Waals surface area contributed by atoms with Gasteiger partial charge in [-0.05, 0) is 69.5 Å². The van der Waals surface area contributed by atoms with Crippen LogP contribution in [0.4, 0.5) is 0 Å². The minimum atomic E-state index is -0.140. The van der Waals surface area contributed by atoms with Crippen LogP contribution in [0.15, 0.2) is 48.7 Å². The predicted octanol–water partition coefficient (Wildman–Crippen LogP) is 3.74. The van der Waals surface area contributed by atoms with E-state index in [1.165, 1.54) is 5.56 Å². The predicted molar refractivity (Wildman–Crippen MR) is 118 cm³/mol. The molecular weight excluding hydrogens is 374 g/mol. The van der Waals surface area contributed by atoms with Crippen LogP contribution in [0.2, 0.25) is 0 Å². The van der Waals surface area contributed by atoms with E-state index in [4.69, 9.17) is 0 Å². The number of fused-ring (bicyclic) bond motifs is 1. The van der Waals surface area contributed by atoms with E-state index in [-0.39, 0.29) is 18.0 Å². The van der Waals surface area contributed by atoms with E-state index in [1.54, 1.807) is 0 Å². The second kappa shape index (κ2) is 8.96. The highest BCUT2D eigenvalue weighted by atomic mass is 16.2. The largest absolute Gasteiger partial charge is 0.348 e. The monoisotopic (exact) mass is 405 g/mol. The van der Waals surface area contributed by atoms with Crippen LogP contribution in [-0.4, -0.2) is 44.5 Å². The number of aryl methyl sites for hydroxylation is 1. The maximum absolute atomic E-state index is 12.9. The van der Waals surface area contributed by atoms with Crippen LogP contribution in [0.3, 0.4) is 0 Å². The quantitative estimate of drug-likeness (QED) is 0.679. The van der Waals surface area contributed by atoms with Crippen LogP contribution >= 0.6 is 0 Å². The minimum absolute atomic E-state index is 0.00533. The van der Waals surface area contributed by atoms with Crippen LogP contribution in [0, 0.1) is 0 Å². The molecule has 1 fully saturated rings. The summed E-state index contributed by atoms with van der Waals surface area (Å²) in [5.74, 6) is 1.50. The first-order valence-corrected chi connectivity index (χ1v) is 11.0. The lowest BCUT2D eigenvalue weighted by Crippen LogP contribution is -2.48. The average molecular weight is 406 g/mol. The SMILES string of the molecule is CCc1ccc(C(C)NC(=O)C(C)N2CCC(c3nnc4ccccn34)CC2)cc1. The summed E-state index contributed by atoms with van der Waals surface area (Å²) in [7, 11) is 0. The van der Waals surface area contributed by atoms with Gasteiger partial charge in [-0.15, -0.1) is 10.2 Å². The third-order valence-corrected chi connectivity index (χ3v) is 6.41. The highest BCUT2D eigenvalue weighted by molar-refractivity contribution is 5.81. The topological polar surface area (TPSA) is 62.5 Å². The molecule has 158 valence electrons. The molecule has 0 bridgehead atoms.